The number of rotatable bonds is 12. The first kappa shape index (κ1) is 29.6. The lowest BCUT2D eigenvalue weighted by molar-refractivity contribution is -0.123. The molecule has 0 bridgehead atoms. The van der Waals surface area contributed by atoms with Crippen molar-refractivity contribution in [3.63, 3.8) is 0 Å². The van der Waals surface area contributed by atoms with Crippen LogP contribution in [0, 0.1) is 0 Å². The van der Waals surface area contributed by atoms with E-state index in [9.17, 15) is 19.5 Å². The second-order valence-corrected chi connectivity index (χ2v) is 11.0. The maximum absolute atomic E-state index is 13.5. The van der Waals surface area contributed by atoms with Gasteiger partial charge in [0, 0.05) is 49.5 Å². The molecule has 2 aromatic rings. The van der Waals surface area contributed by atoms with Crippen LogP contribution in [0.15, 0.2) is 48.5 Å². The number of hydrogen-bond donors (Lipinski definition) is 5. The highest BCUT2D eigenvalue weighted by atomic mass is 16.3. The van der Waals surface area contributed by atoms with E-state index < -0.39 is 18.2 Å². The number of nitrogens with one attached hydrogen (secondary N) is 4. The normalized spacial score (nSPS) is 18.2. The Labute approximate surface area is 237 Å². The fourth-order valence-corrected chi connectivity index (χ4v) is 5.47. The molecule has 1 heterocycles. The summed E-state index contributed by atoms with van der Waals surface area (Å²) in [5.74, 6) is -0.367. The Morgan fingerprint density at radius 1 is 1.05 bits per heavy atom. The van der Waals surface area contributed by atoms with Gasteiger partial charge in [0.05, 0.1) is 18.2 Å². The molecule has 216 valence electrons. The second kappa shape index (κ2) is 14.3. The fourth-order valence-electron chi connectivity index (χ4n) is 5.47. The molecule has 1 saturated carbocycles. The number of anilines is 2. The first-order valence-electron chi connectivity index (χ1n) is 14.5. The van der Waals surface area contributed by atoms with Crippen molar-refractivity contribution in [3.8, 4) is 0 Å². The highest BCUT2D eigenvalue weighted by Crippen LogP contribution is 2.26. The van der Waals surface area contributed by atoms with Crippen molar-refractivity contribution in [2.75, 3.05) is 30.4 Å². The number of aliphatic hydroxyl groups excluding tert-OH is 1. The number of nitrogens with zero attached hydrogens (tertiary/aromatic N) is 1. The summed E-state index contributed by atoms with van der Waals surface area (Å²) >= 11 is 0. The van der Waals surface area contributed by atoms with E-state index in [2.05, 4.69) is 21.3 Å². The van der Waals surface area contributed by atoms with Gasteiger partial charge in [0.25, 0.3) is 5.91 Å². The average molecular weight is 550 g/mol. The van der Waals surface area contributed by atoms with Gasteiger partial charge in [0.1, 0.15) is 0 Å². The first-order chi connectivity index (χ1) is 19.3. The number of carbonyl (C=O) groups excluding carboxylic acids is 3. The summed E-state index contributed by atoms with van der Waals surface area (Å²) in [6.07, 6.45) is 6.28. The standard InChI is InChI=1S/C31H43N5O4/c1-21(30(39)34-24-12-7-4-8-13-24)33-20-28(37)27(16-22-10-5-3-6-11-22)35-31(40)23-17-25(32-2)19-26(18-23)36-15-9-14-29(36)38/h3,5-6,10-11,17-19,21,24,27-28,32-33,37H,4,7-9,12-16,20H2,1-2H3,(H,34,39)(H,35,40)/t21-,27?,28+/m0/s1. The van der Waals surface area contributed by atoms with Gasteiger partial charge >= 0.3 is 0 Å². The zero-order valence-electron chi connectivity index (χ0n) is 23.6. The molecule has 0 spiro atoms. The van der Waals surface area contributed by atoms with Crippen LogP contribution < -0.4 is 26.2 Å². The molecule has 2 aliphatic rings. The van der Waals surface area contributed by atoms with Crippen LogP contribution in [0.25, 0.3) is 0 Å². The lowest BCUT2D eigenvalue weighted by atomic mass is 9.95. The van der Waals surface area contributed by atoms with Crippen molar-refractivity contribution < 1.29 is 19.5 Å². The number of amides is 3. The highest BCUT2D eigenvalue weighted by Gasteiger charge is 2.27. The molecule has 3 amide bonds. The summed E-state index contributed by atoms with van der Waals surface area (Å²) in [5, 5.41) is 23.6. The average Bonchev–Trinajstić information content (AvgIpc) is 3.41. The Morgan fingerprint density at radius 3 is 2.48 bits per heavy atom. The van der Waals surface area contributed by atoms with E-state index in [1.165, 1.54) is 6.42 Å². The summed E-state index contributed by atoms with van der Waals surface area (Å²) in [7, 11) is 1.77. The van der Waals surface area contributed by atoms with E-state index in [1.807, 2.05) is 36.4 Å². The van der Waals surface area contributed by atoms with Crippen molar-refractivity contribution in [2.24, 2.45) is 0 Å². The van der Waals surface area contributed by atoms with Gasteiger partial charge in [0.2, 0.25) is 11.8 Å². The monoisotopic (exact) mass is 549 g/mol. The van der Waals surface area contributed by atoms with Crippen LogP contribution in [0.3, 0.4) is 0 Å². The van der Waals surface area contributed by atoms with E-state index in [4.69, 9.17) is 0 Å². The molecular weight excluding hydrogens is 506 g/mol. The van der Waals surface area contributed by atoms with Gasteiger partial charge in [-0.25, -0.2) is 0 Å². The summed E-state index contributed by atoms with van der Waals surface area (Å²) in [5.41, 5.74) is 2.78. The topological polar surface area (TPSA) is 123 Å². The molecule has 2 aromatic carbocycles. The summed E-state index contributed by atoms with van der Waals surface area (Å²) in [4.78, 5) is 40.3. The zero-order chi connectivity index (χ0) is 28.5. The van der Waals surface area contributed by atoms with Gasteiger partial charge in [-0.1, -0.05) is 49.6 Å². The molecule has 2 fully saturated rings. The second-order valence-electron chi connectivity index (χ2n) is 11.0. The van der Waals surface area contributed by atoms with Crippen LogP contribution in [0.4, 0.5) is 11.4 Å². The van der Waals surface area contributed by atoms with Gasteiger partial charge in [-0.3, -0.25) is 14.4 Å². The Kier molecular flexibility index (Phi) is 10.5. The molecule has 4 rings (SSSR count). The Bertz CT molecular complexity index is 1150. The maximum atomic E-state index is 13.5. The lowest BCUT2D eigenvalue weighted by Crippen LogP contribution is -2.53. The molecule has 0 radical (unpaired) electrons. The van der Waals surface area contributed by atoms with Crippen LogP contribution in [-0.4, -0.2) is 67.2 Å². The minimum atomic E-state index is -0.943. The Hall–Kier alpha value is -3.43. The summed E-state index contributed by atoms with van der Waals surface area (Å²) < 4.78 is 0. The van der Waals surface area contributed by atoms with Gasteiger partial charge in [-0.15, -0.1) is 0 Å². The third-order valence-electron chi connectivity index (χ3n) is 7.91. The molecule has 1 aliphatic carbocycles. The molecule has 9 nitrogen and oxygen atoms in total. The summed E-state index contributed by atoms with van der Waals surface area (Å²) in [6, 6.07) is 14.1. The molecule has 9 heteroatoms. The minimum Gasteiger partial charge on any atom is -0.390 e. The molecule has 1 unspecified atom stereocenters. The number of carbonyl (C=O) groups is 3. The molecular formula is C31H43N5O4. The molecule has 0 aromatic heterocycles. The maximum Gasteiger partial charge on any atom is 0.251 e. The Morgan fingerprint density at radius 2 is 1.80 bits per heavy atom. The number of benzene rings is 2. The first-order valence-corrected chi connectivity index (χ1v) is 14.5. The van der Waals surface area contributed by atoms with Gasteiger partial charge < -0.3 is 31.3 Å². The quantitative estimate of drug-likeness (QED) is 0.278. The van der Waals surface area contributed by atoms with Gasteiger partial charge in [-0.2, -0.15) is 0 Å². The van der Waals surface area contributed by atoms with E-state index in [-0.39, 0.29) is 30.3 Å². The van der Waals surface area contributed by atoms with Crippen LogP contribution in [-0.2, 0) is 16.0 Å². The van der Waals surface area contributed by atoms with Crippen molar-refractivity contribution in [2.45, 2.75) is 82.5 Å². The Balaban J connectivity index is 1.44. The van der Waals surface area contributed by atoms with Crippen LogP contribution >= 0.6 is 0 Å². The smallest absolute Gasteiger partial charge is 0.251 e. The number of hydrogen-bond acceptors (Lipinski definition) is 6. The van der Waals surface area contributed by atoms with Crippen molar-refractivity contribution in [1.82, 2.24) is 16.0 Å². The number of aliphatic hydroxyl groups is 1. The zero-order valence-corrected chi connectivity index (χ0v) is 23.6. The lowest BCUT2D eigenvalue weighted by Gasteiger charge is -2.28. The molecule has 3 atom stereocenters. The van der Waals surface area contributed by atoms with Crippen LogP contribution in [0.1, 0.15) is 67.8 Å². The van der Waals surface area contributed by atoms with Crippen molar-refractivity contribution in [1.29, 1.82) is 0 Å². The molecule has 1 aliphatic heterocycles. The highest BCUT2D eigenvalue weighted by molar-refractivity contribution is 6.00. The van der Waals surface area contributed by atoms with Gasteiger partial charge in [0.15, 0.2) is 0 Å². The van der Waals surface area contributed by atoms with Crippen molar-refractivity contribution in [3.05, 3.63) is 59.7 Å². The molecule has 40 heavy (non-hydrogen) atoms. The van der Waals surface area contributed by atoms with E-state index in [1.54, 1.807) is 31.0 Å². The summed E-state index contributed by atoms with van der Waals surface area (Å²) in [6.45, 7) is 2.56. The van der Waals surface area contributed by atoms with Crippen LogP contribution in [0.5, 0.6) is 0 Å². The predicted octanol–water partition coefficient (Wildman–Crippen LogP) is 2.98. The largest absolute Gasteiger partial charge is 0.390 e. The predicted molar refractivity (Wildman–Crippen MR) is 157 cm³/mol. The van der Waals surface area contributed by atoms with E-state index in [0.29, 0.717) is 30.6 Å². The van der Waals surface area contributed by atoms with Gasteiger partial charge in [-0.05, 0) is 56.4 Å². The van der Waals surface area contributed by atoms with Crippen molar-refractivity contribution >= 4 is 29.1 Å². The third-order valence-corrected chi connectivity index (χ3v) is 7.91. The van der Waals surface area contributed by atoms with Crippen LogP contribution in [0.2, 0.25) is 0 Å². The SMILES string of the molecule is CNc1cc(C(=O)NC(Cc2ccccc2)[C@H](O)CN[C@@H](C)C(=O)NC2CCCCC2)cc(N2CCCC2=O)c1. The minimum absolute atomic E-state index is 0.0460. The molecule has 5 N–H and O–H groups in total. The molecule has 1 saturated heterocycles. The van der Waals surface area contributed by atoms with E-state index >= 15 is 0 Å². The third kappa shape index (κ3) is 8.05. The van der Waals surface area contributed by atoms with E-state index in [0.717, 1.165) is 43.4 Å². The fraction of sp³-hybridized carbons (Fsp3) is 0.516.